The molecule has 1 aromatic heterocycles. The predicted molar refractivity (Wildman–Crippen MR) is 133 cm³/mol. The van der Waals surface area contributed by atoms with Crippen LogP contribution >= 0.6 is 0 Å². The van der Waals surface area contributed by atoms with E-state index in [4.69, 9.17) is 4.52 Å². The van der Waals surface area contributed by atoms with Crippen molar-refractivity contribution in [3.05, 3.63) is 106 Å². The maximum atomic E-state index is 13.4. The van der Waals surface area contributed by atoms with Crippen molar-refractivity contribution in [2.45, 2.75) is 33.7 Å². The largest absolute Gasteiger partial charge is 0.334 e. The summed E-state index contributed by atoms with van der Waals surface area (Å²) in [5.74, 6) is 0.301. The SMILES string of the molecule is CC1=C(c2nc(-c3ccc(F)cc3)no2)C(c2ccc(C)c(C)c2)NC(=O)N1c1ccc(C)cc1. The first-order valence-electron chi connectivity index (χ1n) is 11.4. The minimum absolute atomic E-state index is 0.239. The smallest absolute Gasteiger partial charge is 0.326 e. The molecule has 1 aliphatic rings. The third-order valence-corrected chi connectivity index (χ3v) is 6.40. The van der Waals surface area contributed by atoms with Gasteiger partial charge in [0.1, 0.15) is 5.82 Å². The van der Waals surface area contributed by atoms with E-state index in [-0.39, 0.29) is 11.8 Å². The molecule has 0 spiro atoms. The minimum atomic E-state index is -0.481. The first-order valence-corrected chi connectivity index (χ1v) is 11.4. The Morgan fingerprint density at radius 3 is 2.31 bits per heavy atom. The van der Waals surface area contributed by atoms with Gasteiger partial charge in [-0.15, -0.1) is 0 Å². The molecular weight excluding hydrogens is 443 g/mol. The van der Waals surface area contributed by atoms with Gasteiger partial charge >= 0.3 is 6.03 Å². The second-order valence-corrected chi connectivity index (χ2v) is 8.83. The van der Waals surface area contributed by atoms with Crippen LogP contribution < -0.4 is 10.2 Å². The van der Waals surface area contributed by atoms with Crippen LogP contribution in [0.15, 0.2) is 77.0 Å². The summed E-state index contributed by atoms with van der Waals surface area (Å²) >= 11 is 0. The third-order valence-electron chi connectivity index (χ3n) is 6.40. The molecule has 4 aromatic rings. The normalized spacial score (nSPS) is 16.0. The quantitative estimate of drug-likeness (QED) is 0.371. The number of aromatic nitrogens is 2. The standard InChI is InChI=1S/C28H25FN4O2/c1-16-5-13-23(14-6-16)33-19(4)24(25(30-28(33)34)21-8-7-17(2)18(3)15-21)27-31-26(32-35-27)20-9-11-22(29)12-10-20/h5-15,25H,1-4H3,(H,30,34). The number of carbonyl (C=O) groups excluding carboxylic acids is 1. The average molecular weight is 469 g/mol. The molecule has 0 fully saturated rings. The number of nitrogens with zero attached hydrogens (tertiary/aromatic N) is 3. The van der Waals surface area contributed by atoms with E-state index >= 15 is 0 Å². The number of rotatable bonds is 4. The van der Waals surface area contributed by atoms with E-state index in [0.717, 1.165) is 27.9 Å². The molecule has 2 heterocycles. The molecule has 176 valence electrons. The summed E-state index contributed by atoms with van der Waals surface area (Å²) < 4.78 is 19.1. The van der Waals surface area contributed by atoms with Crippen LogP contribution in [-0.2, 0) is 0 Å². The fourth-order valence-corrected chi connectivity index (χ4v) is 4.27. The van der Waals surface area contributed by atoms with Crippen molar-refractivity contribution in [1.82, 2.24) is 15.5 Å². The molecule has 35 heavy (non-hydrogen) atoms. The van der Waals surface area contributed by atoms with E-state index in [1.807, 2.05) is 64.1 Å². The van der Waals surface area contributed by atoms with E-state index in [9.17, 15) is 9.18 Å². The van der Waals surface area contributed by atoms with Gasteiger partial charge in [0.25, 0.3) is 5.89 Å². The van der Waals surface area contributed by atoms with Gasteiger partial charge in [0.15, 0.2) is 0 Å². The maximum Gasteiger partial charge on any atom is 0.326 e. The zero-order valence-electron chi connectivity index (χ0n) is 20.0. The summed E-state index contributed by atoms with van der Waals surface area (Å²) in [7, 11) is 0. The average Bonchev–Trinajstić information content (AvgIpc) is 3.32. The van der Waals surface area contributed by atoms with Gasteiger partial charge in [-0.25, -0.2) is 9.18 Å². The van der Waals surface area contributed by atoms with Crippen molar-refractivity contribution >= 4 is 17.3 Å². The number of halogens is 1. The van der Waals surface area contributed by atoms with Gasteiger partial charge in [-0.1, -0.05) is 41.1 Å². The molecule has 1 aliphatic heterocycles. The lowest BCUT2D eigenvalue weighted by Gasteiger charge is -2.35. The first-order chi connectivity index (χ1) is 16.8. The van der Waals surface area contributed by atoms with Gasteiger partial charge in [0.05, 0.1) is 17.3 Å². The van der Waals surface area contributed by atoms with Gasteiger partial charge in [-0.2, -0.15) is 4.98 Å². The second kappa shape index (κ2) is 8.83. The van der Waals surface area contributed by atoms with Crippen molar-refractivity contribution in [3.8, 4) is 11.4 Å². The van der Waals surface area contributed by atoms with Crippen molar-refractivity contribution < 1.29 is 13.7 Å². The Hall–Kier alpha value is -4.26. The van der Waals surface area contributed by atoms with Crippen LogP contribution in [0.2, 0.25) is 0 Å². The molecule has 0 saturated heterocycles. The molecule has 0 saturated carbocycles. The van der Waals surface area contributed by atoms with Crippen LogP contribution in [0.1, 0.15) is 41.1 Å². The van der Waals surface area contributed by atoms with Crippen LogP contribution in [0.25, 0.3) is 17.0 Å². The predicted octanol–water partition coefficient (Wildman–Crippen LogP) is 6.50. The lowest BCUT2D eigenvalue weighted by atomic mass is 9.92. The minimum Gasteiger partial charge on any atom is -0.334 e. The Bertz CT molecular complexity index is 1440. The van der Waals surface area contributed by atoms with Crippen molar-refractivity contribution in [1.29, 1.82) is 0 Å². The molecule has 5 rings (SSSR count). The Morgan fingerprint density at radius 1 is 0.914 bits per heavy atom. The lowest BCUT2D eigenvalue weighted by Crippen LogP contribution is -2.46. The number of urea groups is 1. The van der Waals surface area contributed by atoms with E-state index in [2.05, 4.69) is 21.5 Å². The molecule has 6 nitrogen and oxygen atoms in total. The zero-order valence-corrected chi connectivity index (χ0v) is 20.0. The highest BCUT2D eigenvalue weighted by molar-refractivity contribution is 6.01. The molecule has 7 heteroatoms. The summed E-state index contributed by atoms with van der Waals surface area (Å²) in [6, 6.07) is 19.0. The summed E-state index contributed by atoms with van der Waals surface area (Å²) in [5.41, 5.74) is 7.06. The van der Waals surface area contributed by atoms with Crippen LogP contribution in [0, 0.1) is 26.6 Å². The van der Waals surface area contributed by atoms with Gasteiger partial charge in [0.2, 0.25) is 5.82 Å². The molecule has 0 radical (unpaired) electrons. The zero-order chi connectivity index (χ0) is 24.7. The van der Waals surface area contributed by atoms with Gasteiger partial charge in [0, 0.05) is 11.3 Å². The molecule has 3 aromatic carbocycles. The number of benzene rings is 3. The van der Waals surface area contributed by atoms with Crippen LogP contribution in [0.3, 0.4) is 0 Å². The van der Waals surface area contributed by atoms with Gasteiger partial charge in [-0.3, -0.25) is 4.90 Å². The number of hydrogen-bond acceptors (Lipinski definition) is 4. The Balaban J connectivity index is 1.66. The van der Waals surface area contributed by atoms with Crippen LogP contribution in [0.5, 0.6) is 0 Å². The lowest BCUT2D eigenvalue weighted by molar-refractivity contribution is 0.244. The Morgan fingerprint density at radius 2 is 1.63 bits per heavy atom. The van der Waals surface area contributed by atoms with Gasteiger partial charge < -0.3 is 9.84 Å². The van der Waals surface area contributed by atoms with Gasteiger partial charge in [-0.05, 0) is 80.8 Å². The van der Waals surface area contributed by atoms with Crippen LogP contribution in [-0.4, -0.2) is 16.2 Å². The molecular formula is C28H25FN4O2. The number of allylic oxidation sites excluding steroid dienone is 1. The Labute approximate surface area is 203 Å². The highest BCUT2D eigenvalue weighted by atomic mass is 19.1. The second-order valence-electron chi connectivity index (χ2n) is 8.83. The number of amides is 2. The molecule has 1 atom stereocenters. The topological polar surface area (TPSA) is 71.3 Å². The fourth-order valence-electron chi connectivity index (χ4n) is 4.27. The molecule has 2 amide bonds. The van der Waals surface area contributed by atoms with E-state index < -0.39 is 6.04 Å². The monoisotopic (exact) mass is 468 g/mol. The first kappa shape index (κ1) is 22.5. The van der Waals surface area contributed by atoms with Crippen LogP contribution in [0.4, 0.5) is 14.9 Å². The summed E-state index contributed by atoms with van der Waals surface area (Å²) in [5, 5.41) is 7.27. The number of aryl methyl sites for hydroxylation is 3. The highest BCUT2D eigenvalue weighted by Crippen LogP contribution is 2.39. The fraction of sp³-hybridized carbons (Fsp3) is 0.179. The van der Waals surface area contributed by atoms with Crippen molar-refractivity contribution in [2.24, 2.45) is 0 Å². The van der Waals surface area contributed by atoms with E-state index in [1.165, 1.54) is 12.1 Å². The Kier molecular flexibility index (Phi) is 5.68. The highest BCUT2D eigenvalue weighted by Gasteiger charge is 2.36. The molecule has 1 unspecified atom stereocenters. The summed E-state index contributed by atoms with van der Waals surface area (Å²) in [6.07, 6.45) is 0. The van der Waals surface area contributed by atoms with Crippen molar-refractivity contribution in [3.63, 3.8) is 0 Å². The number of carbonyl (C=O) groups is 1. The number of anilines is 1. The third kappa shape index (κ3) is 4.21. The summed E-state index contributed by atoms with van der Waals surface area (Å²) in [6.45, 7) is 7.97. The maximum absolute atomic E-state index is 13.4. The van der Waals surface area contributed by atoms with Crippen molar-refractivity contribution in [2.75, 3.05) is 4.90 Å². The number of hydrogen-bond donors (Lipinski definition) is 1. The summed E-state index contributed by atoms with van der Waals surface area (Å²) in [4.78, 5) is 19.6. The van der Waals surface area contributed by atoms with E-state index in [0.29, 0.717) is 28.5 Å². The molecule has 0 bridgehead atoms. The van der Waals surface area contributed by atoms with E-state index in [1.54, 1.807) is 17.0 Å². The molecule has 0 aliphatic carbocycles. The molecule has 1 N–H and O–H groups in total. The number of nitrogens with one attached hydrogen (secondary N) is 1.